The molecule has 0 radical (unpaired) electrons. The molecule has 3 rings (SSSR count). The minimum atomic E-state index is -0.543. The van der Waals surface area contributed by atoms with E-state index in [0.717, 1.165) is 16.3 Å². The van der Waals surface area contributed by atoms with Crippen molar-refractivity contribution in [3.8, 4) is 5.75 Å². The first-order chi connectivity index (χ1) is 13.0. The molecule has 3 aromatic rings. The quantitative estimate of drug-likeness (QED) is 0.629. The first kappa shape index (κ1) is 18.6. The van der Waals surface area contributed by atoms with Gasteiger partial charge in [0.2, 0.25) is 0 Å². The molecule has 0 aliphatic rings. The van der Waals surface area contributed by atoms with Gasteiger partial charge in [-0.1, -0.05) is 0 Å². The van der Waals surface area contributed by atoms with Gasteiger partial charge in [-0.05, 0) is 43.3 Å². The molecule has 0 unspecified atom stereocenters. The number of nitrogens with zero attached hydrogens (tertiary/aromatic N) is 2. The molecule has 0 spiro atoms. The molecule has 7 heteroatoms. The van der Waals surface area contributed by atoms with Crippen molar-refractivity contribution in [3.05, 3.63) is 70.2 Å². The van der Waals surface area contributed by atoms with Crippen LogP contribution in [0.3, 0.4) is 0 Å². The minimum absolute atomic E-state index is 0.0167. The van der Waals surface area contributed by atoms with Crippen molar-refractivity contribution in [2.75, 3.05) is 12.0 Å². The maximum Gasteiger partial charge on any atom is 0.252 e. The molecule has 1 amide bonds. The maximum atomic E-state index is 11.6. The molecule has 0 aliphatic heterocycles. The SMILES string of the molecule is COc1cc(N(Cc2cncs2)c2ccc(C(C)=O)cc2)ccc1C(N)=O. The van der Waals surface area contributed by atoms with Gasteiger partial charge in [0.1, 0.15) is 5.75 Å². The van der Waals surface area contributed by atoms with E-state index < -0.39 is 5.91 Å². The highest BCUT2D eigenvalue weighted by atomic mass is 32.1. The van der Waals surface area contributed by atoms with E-state index in [1.165, 1.54) is 14.0 Å². The standard InChI is InChI=1S/C20H19N3O3S/c1-13(24)14-3-5-15(6-4-14)23(11-17-10-22-12-27-17)16-7-8-18(20(21)25)19(9-16)26-2/h3-10,12H,11H2,1-2H3,(H2,21,25). The summed E-state index contributed by atoms with van der Waals surface area (Å²) in [6.07, 6.45) is 1.82. The van der Waals surface area contributed by atoms with Gasteiger partial charge in [-0.25, -0.2) is 0 Å². The number of Topliss-reactive ketones (excluding diaryl/α,β-unsaturated/α-hetero) is 1. The molecule has 2 N–H and O–H groups in total. The summed E-state index contributed by atoms with van der Waals surface area (Å²) in [5.41, 5.74) is 9.91. The minimum Gasteiger partial charge on any atom is -0.496 e. The molecule has 0 saturated heterocycles. The summed E-state index contributed by atoms with van der Waals surface area (Å²) in [6.45, 7) is 2.13. The number of carbonyl (C=O) groups is 2. The number of methoxy groups -OCH3 is 1. The lowest BCUT2D eigenvalue weighted by atomic mass is 10.1. The summed E-state index contributed by atoms with van der Waals surface area (Å²) >= 11 is 1.55. The number of ether oxygens (including phenoxy) is 1. The predicted molar refractivity (Wildman–Crippen MR) is 106 cm³/mol. The Hall–Kier alpha value is -3.19. The fraction of sp³-hybridized carbons (Fsp3) is 0.150. The van der Waals surface area contributed by atoms with Crippen LogP contribution in [0.15, 0.2) is 54.2 Å². The highest BCUT2D eigenvalue weighted by Crippen LogP contribution is 2.32. The molecule has 0 aliphatic carbocycles. The van der Waals surface area contributed by atoms with Crippen LogP contribution in [0.4, 0.5) is 11.4 Å². The second-order valence-corrected chi connectivity index (χ2v) is 6.88. The van der Waals surface area contributed by atoms with Gasteiger partial charge >= 0.3 is 0 Å². The van der Waals surface area contributed by atoms with Crippen LogP contribution in [-0.2, 0) is 6.54 Å². The first-order valence-corrected chi connectivity index (χ1v) is 9.11. The van der Waals surface area contributed by atoms with Gasteiger partial charge in [-0.3, -0.25) is 14.6 Å². The molecule has 2 aromatic carbocycles. The van der Waals surface area contributed by atoms with Gasteiger partial charge in [0.15, 0.2) is 5.78 Å². The first-order valence-electron chi connectivity index (χ1n) is 8.23. The van der Waals surface area contributed by atoms with Crippen LogP contribution in [0.2, 0.25) is 0 Å². The Morgan fingerprint density at radius 1 is 1.15 bits per heavy atom. The Morgan fingerprint density at radius 2 is 1.85 bits per heavy atom. The monoisotopic (exact) mass is 381 g/mol. The molecule has 27 heavy (non-hydrogen) atoms. The molecule has 0 bridgehead atoms. The second kappa shape index (κ2) is 8.01. The molecule has 1 heterocycles. The molecule has 0 fully saturated rings. The maximum absolute atomic E-state index is 11.6. The van der Waals surface area contributed by atoms with E-state index in [0.29, 0.717) is 23.4 Å². The van der Waals surface area contributed by atoms with Gasteiger partial charge in [0, 0.05) is 34.1 Å². The van der Waals surface area contributed by atoms with E-state index in [1.54, 1.807) is 41.1 Å². The number of hydrogen-bond acceptors (Lipinski definition) is 6. The number of hydrogen-bond donors (Lipinski definition) is 1. The number of anilines is 2. The largest absolute Gasteiger partial charge is 0.496 e. The Bertz CT molecular complexity index is 953. The predicted octanol–water partition coefficient (Wildman–Crippen LogP) is 3.79. The van der Waals surface area contributed by atoms with E-state index in [4.69, 9.17) is 10.5 Å². The lowest BCUT2D eigenvalue weighted by Gasteiger charge is -2.25. The van der Waals surface area contributed by atoms with Gasteiger partial charge in [-0.2, -0.15) is 0 Å². The number of primary amides is 1. The Balaban J connectivity index is 2.04. The van der Waals surface area contributed by atoms with Crippen LogP contribution in [0.25, 0.3) is 0 Å². The molecular formula is C20H19N3O3S. The summed E-state index contributed by atoms with van der Waals surface area (Å²) in [7, 11) is 1.50. The second-order valence-electron chi connectivity index (χ2n) is 5.91. The summed E-state index contributed by atoms with van der Waals surface area (Å²) in [6, 6.07) is 12.6. The number of thiazole rings is 1. The van der Waals surface area contributed by atoms with E-state index in [2.05, 4.69) is 9.88 Å². The van der Waals surface area contributed by atoms with Crippen molar-refractivity contribution in [2.24, 2.45) is 5.73 Å². The van der Waals surface area contributed by atoms with Crippen molar-refractivity contribution in [1.29, 1.82) is 0 Å². The summed E-state index contributed by atoms with van der Waals surface area (Å²) in [5, 5.41) is 0. The van der Waals surface area contributed by atoms with E-state index in [1.807, 2.05) is 24.4 Å². The van der Waals surface area contributed by atoms with Crippen molar-refractivity contribution < 1.29 is 14.3 Å². The topological polar surface area (TPSA) is 85.5 Å². The third-order valence-corrected chi connectivity index (χ3v) is 4.91. The molecular weight excluding hydrogens is 362 g/mol. The number of ketones is 1. The number of nitrogens with two attached hydrogens (primary N) is 1. The number of carbonyl (C=O) groups excluding carboxylic acids is 2. The number of rotatable bonds is 7. The van der Waals surface area contributed by atoms with E-state index in [9.17, 15) is 9.59 Å². The summed E-state index contributed by atoms with van der Waals surface area (Å²) in [4.78, 5) is 30.4. The Labute approximate surface area is 161 Å². The fourth-order valence-electron chi connectivity index (χ4n) is 2.74. The third-order valence-electron chi connectivity index (χ3n) is 4.15. The molecule has 1 aromatic heterocycles. The van der Waals surface area contributed by atoms with Crippen LogP contribution < -0.4 is 15.4 Å². The van der Waals surface area contributed by atoms with E-state index in [-0.39, 0.29) is 5.78 Å². The molecule has 6 nitrogen and oxygen atoms in total. The normalized spacial score (nSPS) is 10.4. The number of amides is 1. The van der Waals surface area contributed by atoms with E-state index >= 15 is 0 Å². The lowest BCUT2D eigenvalue weighted by Crippen LogP contribution is -2.17. The Kier molecular flexibility index (Phi) is 5.52. The fourth-order valence-corrected chi connectivity index (χ4v) is 3.32. The van der Waals surface area contributed by atoms with Crippen LogP contribution in [0.1, 0.15) is 32.5 Å². The Morgan fingerprint density at radius 3 is 2.41 bits per heavy atom. The molecule has 138 valence electrons. The van der Waals surface area contributed by atoms with Crippen molar-refractivity contribution in [3.63, 3.8) is 0 Å². The van der Waals surface area contributed by atoms with Crippen LogP contribution >= 0.6 is 11.3 Å². The highest BCUT2D eigenvalue weighted by Gasteiger charge is 2.16. The highest BCUT2D eigenvalue weighted by molar-refractivity contribution is 7.09. The zero-order valence-corrected chi connectivity index (χ0v) is 15.8. The number of aromatic nitrogens is 1. The average molecular weight is 381 g/mol. The summed E-state index contributed by atoms with van der Waals surface area (Å²) in [5.74, 6) is -0.115. The smallest absolute Gasteiger partial charge is 0.252 e. The van der Waals surface area contributed by atoms with Crippen molar-refractivity contribution >= 4 is 34.4 Å². The summed E-state index contributed by atoms with van der Waals surface area (Å²) < 4.78 is 5.34. The molecule has 0 atom stereocenters. The zero-order valence-electron chi connectivity index (χ0n) is 15.0. The van der Waals surface area contributed by atoms with Crippen molar-refractivity contribution in [2.45, 2.75) is 13.5 Å². The van der Waals surface area contributed by atoms with Crippen LogP contribution in [-0.4, -0.2) is 23.8 Å². The van der Waals surface area contributed by atoms with Gasteiger partial charge in [-0.15, -0.1) is 11.3 Å². The van der Waals surface area contributed by atoms with Crippen LogP contribution in [0.5, 0.6) is 5.75 Å². The molecule has 0 saturated carbocycles. The third kappa shape index (κ3) is 4.15. The van der Waals surface area contributed by atoms with Crippen molar-refractivity contribution in [1.82, 2.24) is 4.98 Å². The zero-order chi connectivity index (χ0) is 19.4. The van der Waals surface area contributed by atoms with Gasteiger partial charge in [0.25, 0.3) is 5.91 Å². The van der Waals surface area contributed by atoms with Crippen LogP contribution in [0, 0.1) is 0 Å². The number of benzene rings is 2. The van der Waals surface area contributed by atoms with Gasteiger partial charge < -0.3 is 15.4 Å². The average Bonchev–Trinajstić information content (AvgIpc) is 3.19. The van der Waals surface area contributed by atoms with Gasteiger partial charge in [0.05, 0.1) is 24.7 Å². The lowest BCUT2D eigenvalue weighted by molar-refractivity contribution is 0.0993.